The van der Waals surface area contributed by atoms with E-state index in [0.717, 1.165) is 11.1 Å². The molecule has 29 heavy (non-hydrogen) atoms. The van der Waals surface area contributed by atoms with E-state index in [0.29, 0.717) is 0 Å². The minimum Gasteiger partial charge on any atom is -0.467 e. The Hall–Kier alpha value is -3.39. The number of alkyl carbamates (subject to hydrolysis) is 1. The lowest BCUT2D eigenvalue weighted by atomic mass is 10.2. The first-order valence-electron chi connectivity index (χ1n) is 8.91. The molecule has 0 heterocycles. The van der Waals surface area contributed by atoms with Crippen molar-refractivity contribution in [3.8, 4) is 0 Å². The highest BCUT2D eigenvalue weighted by Gasteiger charge is 2.23. The number of carbonyl (C=O) groups excluding carboxylic acids is 3. The smallest absolute Gasteiger partial charge is 0.408 e. The molecule has 0 fully saturated rings. The number of methoxy groups -OCH3 is 1. The molecule has 0 aliphatic heterocycles. The lowest BCUT2D eigenvalue weighted by Gasteiger charge is -2.16. The van der Waals surface area contributed by atoms with Gasteiger partial charge in [-0.05, 0) is 11.1 Å². The second kappa shape index (κ2) is 12.1. The molecule has 0 saturated carbocycles. The lowest BCUT2D eigenvalue weighted by Crippen LogP contribution is -2.45. The minimum atomic E-state index is -1.12. The summed E-state index contributed by atoms with van der Waals surface area (Å²) in [7, 11) is 1.18. The highest BCUT2D eigenvalue weighted by atomic mass is 16.6. The topological polar surface area (TPSA) is 100 Å². The Balaban J connectivity index is 1.72. The molecule has 0 aromatic heterocycles. The molecule has 2 aromatic carbocycles. The van der Waals surface area contributed by atoms with Gasteiger partial charge in [-0.25, -0.2) is 14.4 Å². The summed E-state index contributed by atoms with van der Waals surface area (Å²) in [5.41, 5.74) is 1.64. The summed E-state index contributed by atoms with van der Waals surface area (Å²) in [4.78, 5) is 35.5. The average molecular weight is 401 g/mol. The zero-order valence-corrected chi connectivity index (χ0v) is 16.0. The molecule has 8 heteroatoms. The quantitative estimate of drug-likeness (QED) is 0.481. The molecule has 0 aliphatic carbocycles. The maximum atomic E-state index is 11.9. The number of hydrogen-bond acceptors (Lipinski definition) is 7. The van der Waals surface area contributed by atoms with Crippen molar-refractivity contribution >= 4 is 18.0 Å². The summed E-state index contributed by atoms with van der Waals surface area (Å²) in [6.45, 7) is -0.477. The molecular formula is C21H23NO7. The number of carbonyl (C=O) groups is 3. The van der Waals surface area contributed by atoms with E-state index in [1.807, 2.05) is 48.5 Å². The molecule has 1 amide bonds. The van der Waals surface area contributed by atoms with Crippen molar-refractivity contribution in [1.82, 2.24) is 5.32 Å². The predicted octanol–water partition coefficient (Wildman–Crippen LogP) is 2.21. The van der Waals surface area contributed by atoms with Crippen LogP contribution in [-0.2, 0) is 41.8 Å². The van der Waals surface area contributed by atoms with Crippen LogP contribution in [0.5, 0.6) is 0 Å². The molecule has 0 spiro atoms. The monoisotopic (exact) mass is 401 g/mol. The number of amides is 1. The van der Waals surface area contributed by atoms with Gasteiger partial charge in [0.2, 0.25) is 0 Å². The van der Waals surface area contributed by atoms with Gasteiger partial charge < -0.3 is 24.3 Å². The Morgan fingerprint density at radius 2 is 1.41 bits per heavy atom. The number of nitrogens with one attached hydrogen (secondary N) is 1. The van der Waals surface area contributed by atoms with Gasteiger partial charge in [0.15, 0.2) is 6.04 Å². The van der Waals surface area contributed by atoms with Crippen molar-refractivity contribution in [2.45, 2.75) is 19.3 Å². The van der Waals surface area contributed by atoms with E-state index in [9.17, 15) is 14.4 Å². The van der Waals surface area contributed by atoms with Gasteiger partial charge in [-0.1, -0.05) is 60.7 Å². The van der Waals surface area contributed by atoms with Gasteiger partial charge in [-0.2, -0.15) is 0 Å². The van der Waals surface area contributed by atoms with E-state index in [2.05, 4.69) is 10.1 Å². The van der Waals surface area contributed by atoms with E-state index in [1.54, 1.807) is 12.1 Å². The van der Waals surface area contributed by atoms with Gasteiger partial charge in [-0.3, -0.25) is 0 Å². The average Bonchev–Trinajstić information content (AvgIpc) is 2.76. The van der Waals surface area contributed by atoms with Crippen LogP contribution in [0.15, 0.2) is 60.7 Å². The zero-order valence-electron chi connectivity index (χ0n) is 16.0. The molecule has 0 saturated heterocycles. The SMILES string of the molecule is COC(=O)C(COCC(=O)OCc1ccccc1)NC(=O)OCc1ccccc1. The number of ether oxygens (including phenoxy) is 4. The summed E-state index contributed by atoms with van der Waals surface area (Å²) in [5.74, 6) is -1.32. The molecule has 1 N–H and O–H groups in total. The molecular weight excluding hydrogens is 378 g/mol. The molecule has 8 nitrogen and oxygen atoms in total. The Bertz CT molecular complexity index is 780. The lowest BCUT2D eigenvalue weighted by molar-refractivity contribution is -0.153. The number of esters is 2. The van der Waals surface area contributed by atoms with Gasteiger partial charge in [0.1, 0.15) is 19.8 Å². The minimum absolute atomic E-state index is 0.0488. The van der Waals surface area contributed by atoms with Crippen molar-refractivity contribution in [2.24, 2.45) is 0 Å². The summed E-state index contributed by atoms with van der Waals surface area (Å²) >= 11 is 0. The third-order valence-electron chi connectivity index (χ3n) is 3.74. The maximum absolute atomic E-state index is 11.9. The van der Waals surface area contributed by atoms with Gasteiger partial charge >= 0.3 is 18.0 Å². The molecule has 0 radical (unpaired) electrons. The van der Waals surface area contributed by atoms with E-state index in [4.69, 9.17) is 14.2 Å². The molecule has 2 rings (SSSR count). The van der Waals surface area contributed by atoms with Gasteiger partial charge in [0.25, 0.3) is 0 Å². The van der Waals surface area contributed by atoms with Crippen molar-refractivity contribution in [1.29, 1.82) is 0 Å². The Morgan fingerprint density at radius 3 is 1.97 bits per heavy atom. The summed E-state index contributed by atoms with van der Waals surface area (Å²) in [5, 5.41) is 2.36. The van der Waals surface area contributed by atoms with Gasteiger partial charge in [0.05, 0.1) is 13.7 Å². The number of rotatable bonds is 10. The fourth-order valence-electron chi connectivity index (χ4n) is 2.26. The van der Waals surface area contributed by atoms with Crippen LogP contribution in [0.1, 0.15) is 11.1 Å². The number of benzene rings is 2. The molecule has 0 aliphatic rings. The first kappa shape index (κ1) is 21.9. The zero-order chi connectivity index (χ0) is 20.9. The highest BCUT2D eigenvalue weighted by Crippen LogP contribution is 2.02. The third-order valence-corrected chi connectivity index (χ3v) is 3.74. The largest absolute Gasteiger partial charge is 0.467 e. The fraction of sp³-hybridized carbons (Fsp3) is 0.286. The Labute approximate surface area is 168 Å². The van der Waals surface area contributed by atoms with E-state index in [1.165, 1.54) is 7.11 Å². The molecule has 154 valence electrons. The van der Waals surface area contributed by atoms with Crippen LogP contribution < -0.4 is 5.32 Å². The van der Waals surface area contributed by atoms with Crippen molar-refractivity contribution in [3.63, 3.8) is 0 Å². The molecule has 1 atom stereocenters. The summed E-state index contributed by atoms with van der Waals surface area (Å²) in [6.07, 6.45) is -0.806. The van der Waals surface area contributed by atoms with E-state index >= 15 is 0 Å². The van der Waals surface area contributed by atoms with Crippen molar-refractivity contribution < 1.29 is 33.3 Å². The number of hydrogen-bond donors (Lipinski definition) is 1. The van der Waals surface area contributed by atoms with Crippen LogP contribution in [-0.4, -0.2) is 44.4 Å². The fourth-order valence-corrected chi connectivity index (χ4v) is 2.26. The third kappa shape index (κ3) is 8.44. The van der Waals surface area contributed by atoms with Crippen molar-refractivity contribution in [3.05, 3.63) is 71.8 Å². The predicted molar refractivity (Wildman–Crippen MR) is 103 cm³/mol. The summed E-state index contributed by atoms with van der Waals surface area (Å²) in [6, 6.07) is 17.1. The molecule has 2 aromatic rings. The standard InChI is InChI=1S/C21H23NO7/c1-26-20(24)18(22-21(25)29-13-17-10-6-3-7-11-17)14-27-15-19(23)28-12-16-8-4-2-5-9-16/h2-11,18H,12-15H2,1H3,(H,22,25). The highest BCUT2D eigenvalue weighted by molar-refractivity contribution is 5.81. The van der Waals surface area contributed by atoms with Crippen LogP contribution in [0.4, 0.5) is 4.79 Å². The molecule has 0 bridgehead atoms. The van der Waals surface area contributed by atoms with Crippen LogP contribution in [0.25, 0.3) is 0 Å². The summed E-state index contributed by atoms with van der Waals surface area (Å²) < 4.78 is 20.0. The van der Waals surface area contributed by atoms with Crippen molar-refractivity contribution in [2.75, 3.05) is 20.3 Å². The van der Waals surface area contributed by atoms with Gasteiger partial charge in [-0.15, -0.1) is 0 Å². The second-order valence-corrected chi connectivity index (χ2v) is 5.94. The second-order valence-electron chi connectivity index (χ2n) is 5.94. The Kier molecular flexibility index (Phi) is 9.17. The van der Waals surface area contributed by atoms with E-state index < -0.39 is 24.1 Å². The first-order valence-corrected chi connectivity index (χ1v) is 8.91. The van der Waals surface area contributed by atoms with Crippen LogP contribution >= 0.6 is 0 Å². The Morgan fingerprint density at radius 1 is 0.862 bits per heavy atom. The van der Waals surface area contributed by atoms with Crippen LogP contribution in [0, 0.1) is 0 Å². The normalized spacial score (nSPS) is 11.2. The van der Waals surface area contributed by atoms with Crippen LogP contribution in [0.2, 0.25) is 0 Å². The van der Waals surface area contributed by atoms with E-state index in [-0.39, 0.29) is 26.4 Å². The van der Waals surface area contributed by atoms with Gasteiger partial charge in [0, 0.05) is 0 Å². The molecule has 1 unspecified atom stereocenters. The van der Waals surface area contributed by atoms with Crippen LogP contribution in [0.3, 0.4) is 0 Å². The first-order chi connectivity index (χ1) is 14.1. The maximum Gasteiger partial charge on any atom is 0.408 e.